The highest BCUT2D eigenvalue weighted by Gasteiger charge is 2.09. The van der Waals surface area contributed by atoms with Crippen LogP contribution in [0.25, 0.3) is 0 Å². The Labute approximate surface area is 124 Å². The minimum atomic E-state index is -0.298. The molecule has 2 rings (SSSR count). The van der Waals surface area contributed by atoms with E-state index in [4.69, 9.17) is 11.6 Å². The molecule has 0 saturated carbocycles. The van der Waals surface area contributed by atoms with Gasteiger partial charge in [-0.05, 0) is 44.0 Å². The van der Waals surface area contributed by atoms with E-state index in [2.05, 4.69) is 10.6 Å². The number of rotatable bonds is 2. The molecule has 0 bridgehead atoms. The van der Waals surface area contributed by atoms with E-state index in [1.807, 2.05) is 45.0 Å². The van der Waals surface area contributed by atoms with Crippen LogP contribution in [0.3, 0.4) is 0 Å². The van der Waals surface area contributed by atoms with Gasteiger partial charge in [0, 0.05) is 5.69 Å². The maximum atomic E-state index is 12.0. The predicted molar refractivity (Wildman–Crippen MR) is 84.7 cm³/mol. The lowest BCUT2D eigenvalue weighted by Gasteiger charge is -2.14. The molecule has 0 aliphatic heterocycles. The highest BCUT2D eigenvalue weighted by molar-refractivity contribution is 6.33. The van der Waals surface area contributed by atoms with Gasteiger partial charge in [-0.2, -0.15) is 0 Å². The molecule has 0 spiro atoms. The van der Waals surface area contributed by atoms with Crippen molar-refractivity contribution in [2.24, 2.45) is 0 Å². The predicted octanol–water partition coefficient (Wildman–Crippen LogP) is 4.91. The van der Waals surface area contributed by atoms with E-state index in [0.717, 1.165) is 16.8 Å². The molecule has 0 aliphatic rings. The summed E-state index contributed by atoms with van der Waals surface area (Å²) in [5.74, 6) is 0. The number of amides is 2. The number of benzene rings is 2. The minimum Gasteiger partial charge on any atom is -0.307 e. The molecule has 2 N–H and O–H groups in total. The molecule has 0 heterocycles. The second-order valence-electron chi connectivity index (χ2n) is 4.83. The van der Waals surface area contributed by atoms with E-state index in [-0.39, 0.29) is 6.03 Å². The van der Waals surface area contributed by atoms with E-state index < -0.39 is 0 Å². The molecule has 0 fully saturated rings. The van der Waals surface area contributed by atoms with Gasteiger partial charge < -0.3 is 10.6 Å². The second-order valence-corrected chi connectivity index (χ2v) is 5.24. The van der Waals surface area contributed by atoms with E-state index >= 15 is 0 Å². The number of para-hydroxylation sites is 1. The van der Waals surface area contributed by atoms with Crippen molar-refractivity contribution in [2.75, 3.05) is 10.6 Å². The quantitative estimate of drug-likeness (QED) is 0.810. The molecule has 0 saturated heterocycles. The number of hydrogen-bond donors (Lipinski definition) is 2. The average molecular weight is 289 g/mol. The largest absolute Gasteiger partial charge is 0.323 e. The van der Waals surface area contributed by atoms with E-state index in [1.165, 1.54) is 5.56 Å². The Balaban J connectivity index is 2.15. The number of nitrogens with one attached hydrogen (secondary N) is 2. The first-order valence-electron chi connectivity index (χ1n) is 6.38. The van der Waals surface area contributed by atoms with Crippen LogP contribution in [0.4, 0.5) is 16.2 Å². The zero-order valence-electron chi connectivity index (χ0n) is 11.8. The number of carbonyl (C=O) groups excluding carboxylic acids is 1. The van der Waals surface area contributed by atoms with Crippen molar-refractivity contribution in [2.45, 2.75) is 20.8 Å². The molecule has 2 aromatic rings. The van der Waals surface area contributed by atoms with Gasteiger partial charge in [-0.15, -0.1) is 0 Å². The van der Waals surface area contributed by atoms with Gasteiger partial charge in [-0.25, -0.2) is 4.79 Å². The summed E-state index contributed by atoms with van der Waals surface area (Å²) < 4.78 is 0. The summed E-state index contributed by atoms with van der Waals surface area (Å²) >= 11 is 6.01. The van der Waals surface area contributed by atoms with Crippen LogP contribution in [0, 0.1) is 20.8 Å². The topological polar surface area (TPSA) is 41.1 Å². The number of aryl methyl sites for hydroxylation is 3. The van der Waals surface area contributed by atoms with Gasteiger partial charge in [0.25, 0.3) is 0 Å². The van der Waals surface area contributed by atoms with Crippen LogP contribution in [-0.4, -0.2) is 6.03 Å². The molecular weight excluding hydrogens is 272 g/mol. The van der Waals surface area contributed by atoms with Crippen molar-refractivity contribution in [1.82, 2.24) is 0 Å². The minimum absolute atomic E-state index is 0.298. The normalized spacial score (nSPS) is 10.2. The summed E-state index contributed by atoms with van der Waals surface area (Å²) in [5.41, 5.74) is 4.68. The van der Waals surface area contributed by atoms with E-state index in [0.29, 0.717) is 10.7 Å². The molecule has 2 aromatic carbocycles. The van der Waals surface area contributed by atoms with Gasteiger partial charge in [-0.1, -0.05) is 41.4 Å². The summed E-state index contributed by atoms with van der Waals surface area (Å²) in [6.45, 7) is 5.99. The summed E-state index contributed by atoms with van der Waals surface area (Å²) in [4.78, 5) is 12.0. The van der Waals surface area contributed by atoms with Crippen LogP contribution in [0.5, 0.6) is 0 Å². The second kappa shape index (κ2) is 5.97. The average Bonchev–Trinajstić information content (AvgIpc) is 2.36. The van der Waals surface area contributed by atoms with E-state index in [1.54, 1.807) is 12.1 Å². The number of anilines is 2. The maximum Gasteiger partial charge on any atom is 0.323 e. The molecule has 3 nitrogen and oxygen atoms in total. The number of carbonyl (C=O) groups is 1. The molecular formula is C16H17ClN2O. The van der Waals surface area contributed by atoms with Crippen LogP contribution < -0.4 is 10.6 Å². The molecule has 0 unspecified atom stereocenters. The van der Waals surface area contributed by atoms with Crippen molar-refractivity contribution in [3.05, 3.63) is 58.1 Å². The van der Waals surface area contributed by atoms with Gasteiger partial charge in [0.1, 0.15) is 0 Å². The smallest absolute Gasteiger partial charge is 0.307 e. The standard InChI is InChI=1S/C16H17ClN2O/c1-10-8-11(2)15(12(3)9-10)19-16(20)18-14-7-5-4-6-13(14)17/h4-9H,1-3H3,(H2,18,19,20). The van der Waals surface area contributed by atoms with Crippen molar-refractivity contribution in [1.29, 1.82) is 0 Å². The lowest BCUT2D eigenvalue weighted by atomic mass is 10.1. The van der Waals surface area contributed by atoms with Crippen molar-refractivity contribution >= 4 is 29.0 Å². The Morgan fingerprint density at radius 1 is 1.00 bits per heavy atom. The van der Waals surface area contributed by atoms with Crippen molar-refractivity contribution < 1.29 is 4.79 Å². The Hall–Kier alpha value is -2.00. The molecule has 2 amide bonds. The van der Waals surface area contributed by atoms with Crippen LogP contribution >= 0.6 is 11.6 Å². The zero-order valence-corrected chi connectivity index (χ0v) is 12.5. The molecule has 0 radical (unpaired) electrons. The van der Waals surface area contributed by atoms with Crippen molar-refractivity contribution in [3.8, 4) is 0 Å². The third-order valence-corrected chi connectivity index (χ3v) is 3.37. The Morgan fingerprint density at radius 3 is 2.20 bits per heavy atom. The lowest BCUT2D eigenvalue weighted by molar-refractivity contribution is 0.262. The van der Waals surface area contributed by atoms with Gasteiger partial charge in [0.2, 0.25) is 0 Å². The third-order valence-electron chi connectivity index (χ3n) is 3.04. The molecule has 4 heteroatoms. The lowest BCUT2D eigenvalue weighted by Crippen LogP contribution is -2.20. The summed E-state index contributed by atoms with van der Waals surface area (Å²) in [6, 6.07) is 10.9. The fraction of sp³-hybridized carbons (Fsp3) is 0.188. The van der Waals surface area contributed by atoms with Gasteiger partial charge >= 0.3 is 6.03 Å². The number of urea groups is 1. The number of halogens is 1. The molecule has 0 aliphatic carbocycles. The zero-order chi connectivity index (χ0) is 14.7. The third kappa shape index (κ3) is 3.31. The fourth-order valence-corrected chi connectivity index (χ4v) is 2.39. The maximum absolute atomic E-state index is 12.0. The molecule has 20 heavy (non-hydrogen) atoms. The summed E-state index contributed by atoms with van der Waals surface area (Å²) in [7, 11) is 0. The first-order valence-corrected chi connectivity index (χ1v) is 6.75. The molecule has 0 aromatic heterocycles. The molecule has 104 valence electrons. The van der Waals surface area contributed by atoms with Crippen LogP contribution in [0.1, 0.15) is 16.7 Å². The Morgan fingerprint density at radius 2 is 1.60 bits per heavy atom. The highest BCUT2D eigenvalue weighted by Crippen LogP contribution is 2.23. The van der Waals surface area contributed by atoms with Crippen LogP contribution in [0.15, 0.2) is 36.4 Å². The molecule has 0 atom stereocenters. The SMILES string of the molecule is Cc1cc(C)c(NC(=O)Nc2ccccc2Cl)c(C)c1. The summed E-state index contributed by atoms with van der Waals surface area (Å²) in [5, 5.41) is 6.13. The Kier molecular flexibility index (Phi) is 4.30. The van der Waals surface area contributed by atoms with Crippen LogP contribution in [-0.2, 0) is 0 Å². The monoisotopic (exact) mass is 288 g/mol. The van der Waals surface area contributed by atoms with E-state index in [9.17, 15) is 4.79 Å². The van der Waals surface area contributed by atoms with Gasteiger partial charge in [-0.3, -0.25) is 0 Å². The van der Waals surface area contributed by atoms with Crippen LogP contribution in [0.2, 0.25) is 5.02 Å². The summed E-state index contributed by atoms with van der Waals surface area (Å²) in [6.07, 6.45) is 0. The fourth-order valence-electron chi connectivity index (χ4n) is 2.21. The van der Waals surface area contributed by atoms with Gasteiger partial charge in [0.05, 0.1) is 10.7 Å². The highest BCUT2D eigenvalue weighted by atomic mass is 35.5. The van der Waals surface area contributed by atoms with Gasteiger partial charge in [0.15, 0.2) is 0 Å². The first-order chi connectivity index (χ1) is 9.47. The first kappa shape index (κ1) is 14.4. The Bertz CT molecular complexity index is 630. The van der Waals surface area contributed by atoms with Crippen molar-refractivity contribution in [3.63, 3.8) is 0 Å². The number of hydrogen-bond acceptors (Lipinski definition) is 1.